The molecule has 0 bridgehead atoms. The molecule has 0 aromatic heterocycles. The molecule has 0 atom stereocenters. The van der Waals surface area contributed by atoms with Gasteiger partial charge in [-0.2, -0.15) is 0 Å². The highest BCUT2D eigenvalue weighted by Gasteiger charge is 2.27. The first kappa shape index (κ1) is 16.1. The molecule has 24 heavy (non-hydrogen) atoms. The zero-order valence-corrected chi connectivity index (χ0v) is 13.1. The van der Waals surface area contributed by atoms with Crippen molar-refractivity contribution in [2.24, 2.45) is 0 Å². The number of ether oxygens (including phenoxy) is 4. The summed E-state index contributed by atoms with van der Waals surface area (Å²) in [5.41, 5.74) is 1.92. The lowest BCUT2D eigenvalue weighted by Gasteiger charge is -2.30. The van der Waals surface area contributed by atoms with Gasteiger partial charge in [-0.3, -0.25) is 4.79 Å². The molecular weight excluding hydrogens is 316 g/mol. The minimum absolute atomic E-state index is 0.0430. The molecule has 0 radical (unpaired) electrons. The van der Waals surface area contributed by atoms with Crippen LogP contribution in [0.3, 0.4) is 0 Å². The molecular formula is C15H18N4O5. The first-order chi connectivity index (χ1) is 11.7. The molecule has 0 unspecified atom stereocenters. The minimum atomic E-state index is -0.253. The molecule has 1 amide bonds. The Hall–Kier alpha value is -2.75. The van der Waals surface area contributed by atoms with Gasteiger partial charge in [-0.15, -0.1) is 0 Å². The van der Waals surface area contributed by atoms with E-state index < -0.39 is 0 Å². The zero-order chi connectivity index (χ0) is 16.9. The Bertz CT molecular complexity index is 688. The van der Waals surface area contributed by atoms with Crippen LogP contribution < -0.4 is 26.0 Å². The Labute approximate surface area is 138 Å². The van der Waals surface area contributed by atoms with Gasteiger partial charge in [0, 0.05) is 13.2 Å². The summed E-state index contributed by atoms with van der Waals surface area (Å²) in [4.78, 5) is 11.9. The van der Waals surface area contributed by atoms with Crippen molar-refractivity contribution in [2.45, 2.75) is 0 Å². The number of anilines is 2. The topological polar surface area (TPSA) is 102 Å². The average molecular weight is 334 g/mol. The van der Waals surface area contributed by atoms with Crippen molar-refractivity contribution in [1.29, 1.82) is 0 Å². The van der Waals surface area contributed by atoms with E-state index >= 15 is 0 Å². The average Bonchev–Trinajstić information content (AvgIpc) is 2.56. The normalized spacial score (nSPS) is 15.5. The maximum absolute atomic E-state index is 11.9. The van der Waals surface area contributed by atoms with Crippen LogP contribution in [0.15, 0.2) is 42.1 Å². The van der Waals surface area contributed by atoms with E-state index in [0.29, 0.717) is 23.1 Å². The summed E-state index contributed by atoms with van der Waals surface area (Å²) in [7, 11) is 1.53. The molecule has 0 saturated heterocycles. The van der Waals surface area contributed by atoms with Crippen LogP contribution in [-0.2, 0) is 19.0 Å². The highest BCUT2D eigenvalue weighted by molar-refractivity contribution is 6.02. The Morgan fingerprint density at radius 1 is 1.00 bits per heavy atom. The molecule has 128 valence electrons. The van der Waals surface area contributed by atoms with E-state index in [2.05, 4.69) is 27.8 Å². The second kappa shape index (κ2) is 7.21. The lowest BCUT2D eigenvalue weighted by atomic mass is 10.2. The smallest absolute Gasteiger partial charge is 0.276 e. The van der Waals surface area contributed by atoms with Crippen LogP contribution in [0.1, 0.15) is 0 Å². The minimum Gasteiger partial charge on any atom is -0.467 e. The number of amides is 1. The fourth-order valence-corrected chi connectivity index (χ4v) is 2.19. The van der Waals surface area contributed by atoms with E-state index in [1.165, 1.54) is 7.11 Å². The highest BCUT2D eigenvalue weighted by Crippen LogP contribution is 2.33. The number of methoxy groups -OCH3 is 1. The van der Waals surface area contributed by atoms with Gasteiger partial charge in [0.05, 0.1) is 11.4 Å². The van der Waals surface area contributed by atoms with Crippen LogP contribution >= 0.6 is 0 Å². The molecule has 1 aromatic carbocycles. The maximum Gasteiger partial charge on any atom is 0.276 e. The highest BCUT2D eigenvalue weighted by atomic mass is 16.8. The molecule has 3 rings (SSSR count). The molecule has 1 aromatic rings. The first-order valence-corrected chi connectivity index (χ1v) is 7.14. The van der Waals surface area contributed by atoms with Crippen LogP contribution in [0.2, 0.25) is 0 Å². The van der Waals surface area contributed by atoms with Crippen molar-refractivity contribution in [3.63, 3.8) is 0 Å². The number of carbonyl (C=O) groups is 1. The van der Waals surface area contributed by atoms with E-state index in [9.17, 15) is 4.79 Å². The molecule has 0 fully saturated rings. The van der Waals surface area contributed by atoms with E-state index in [0.717, 1.165) is 11.4 Å². The quantitative estimate of drug-likeness (QED) is 0.429. The summed E-state index contributed by atoms with van der Waals surface area (Å²) in [5.74, 6) is 1.31. The second-order valence-corrected chi connectivity index (χ2v) is 4.96. The van der Waals surface area contributed by atoms with Crippen molar-refractivity contribution in [3.05, 3.63) is 42.1 Å². The third kappa shape index (κ3) is 3.59. The van der Waals surface area contributed by atoms with Crippen LogP contribution in [0.4, 0.5) is 11.4 Å². The molecule has 9 nitrogen and oxygen atoms in total. The van der Waals surface area contributed by atoms with Gasteiger partial charge in [-0.1, -0.05) is 6.58 Å². The standard InChI is InChI=1S/C15H18N4O5/c1-9-16-14-13(15(20)17-9)18-11-4-3-10(5-12(11)19-14)24-8-23-7-22-6-21-2/h3-5,16,18-19H,1,6-8H2,2H3,(H,17,20). The number of carbonyl (C=O) groups excluding carboxylic acids is 1. The second-order valence-electron chi connectivity index (χ2n) is 4.96. The van der Waals surface area contributed by atoms with Crippen molar-refractivity contribution in [2.75, 3.05) is 38.1 Å². The van der Waals surface area contributed by atoms with Crippen molar-refractivity contribution in [3.8, 4) is 5.75 Å². The third-order valence-corrected chi connectivity index (χ3v) is 3.20. The Kier molecular flexibility index (Phi) is 4.85. The number of nitrogens with one attached hydrogen (secondary N) is 4. The summed E-state index contributed by atoms with van der Waals surface area (Å²) in [6.07, 6.45) is 0. The molecule has 2 aliphatic heterocycles. The van der Waals surface area contributed by atoms with Gasteiger partial charge < -0.3 is 40.2 Å². The lowest BCUT2D eigenvalue weighted by molar-refractivity contribution is -0.145. The fraction of sp³-hybridized carbons (Fsp3) is 0.267. The fourth-order valence-electron chi connectivity index (χ4n) is 2.19. The number of fused-ring (bicyclic) bond motifs is 1. The number of benzene rings is 1. The van der Waals surface area contributed by atoms with Gasteiger partial charge in [0.25, 0.3) is 5.91 Å². The van der Waals surface area contributed by atoms with Gasteiger partial charge in [-0.25, -0.2) is 0 Å². The van der Waals surface area contributed by atoms with Crippen LogP contribution in [-0.4, -0.2) is 33.4 Å². The Morgan fingerprint density at radius 2 is 1.83 bits per heavy atom. The van der Waals surface area contributed by atoms with E-state index in [4.69, 9.17) is 18.9 Å². The first-order valence-electron chi connectivity index (χ1n) is 7.14. The number of hydrogen-bond acceptors (Lipinski definition) is 8. The van der Waals surface area contributed by atoms with Gasteiger partial charge in [-0.05, 0) is 12.1 Å². The predicted molar refractivity (Wildman–Crippen MR) is 85.5 cm³/mol. The maximum atomic E-state index is 11.9. The van der Waals surface area contributed by atoms with Crippen LogP contribution in [0, 0.1) is 0 Å². The number of hydrogen-bond donors (Lipinski definition) is 4. The van der Waals surface area contributed by atoms with Gasteiger partial charge in [0.15, 0.2) is 13.6 Å². The van der Waals surface area contributed by atoms with Gasteiger partial charge in [0.2, 0.25) is 0 Å². The summed E-state index contributed by atoms with van der Waals surface area (Å²) in [5, 5.41) is 11.8. The van der Waals surface area contributed by atoms with Crippen LogP contribution in [0.5, 0.6) is 5.75 Å². The number of rotatable bonds is 7. The molecule has 4 N–H and O–H groups in total. The Morgan fingerprint density at radius 3 is 2.67 bits per heavy atom. The van der Waals surface area contributed by atoms with E-state index in [1.54, 1.807) is 18.2 Å². The van der Waals surface area contributed by atoms with Gasteiger partial charge >= 0.3 is 0 Å². The molecule has 0 saturated carbocycles. The molecule has 2 aliphatic rings. The van der Waals surface area contributed by atoms with Crippen molar-refractivity contribution >= 4 is 17.3 Å². The predicted octanol–water partition coefficient (Wildman–Crippen LogP) is 0.815. The van der Waals surface area contributed by atoms with E-state index in [1.807, 2.05) is 0 Å². The molecule has 0 spiro atoms. The third-order valence-electron chi connectivity index (χ3n) is 3.20. The van der Waals surface area contributed by atoms with Crippen LogP contribution in [0.25, 0.3) is 0 Å². The largest absolute Gasteiger partial charge is 0.467 e. The monoisotopic (exact) mass is 334 g/mol. The van der Waals surface area contributed by atoms with E-state index in [-0.39, 0.29) is 26.3 Å². The van der Waals surface area contributed by atoms with Gasteiger partial charge in [0.1, 0.15) is 29.9 Å². The lowest BCUT2D eigenvalue weighted by Crippen LogP contribution is -2.44. The SMILES string of the molecule is C=C1NC(=O)C2=C(N1)Nc1cc(OCOCOCOC)ccc1N2. The van der Waals surface area contributed by atoms with Crippen molar-refractivity contribution in [1.82, 2.24) is 10.6 Å². The van der Waals surface area contributed by atoms with Crippen molar-refractivity contribution < 1.29 is 23.7 Å². The summed E-state index contributed by atoms with van der Waals surface area (Å²) in [6.45, 7) is 3.98. The molecule has 0 aliphatic carbocycles. The summed E-state index contributed by atoms with van der Waals surface area (Å²) >= 11 is 0. The molecule has 2 heterocycles. The zero-order valence-electron chi connectivity index (χ0n) is 13.1. The summed E-state index contributed by atoms with van der Waals surface area (Å²) in [6, 6.07) is 5.37. The Balaban J connectivity index is 1.60. The summed E-state index contributed by atoms with van der Waals surface area (Å²) < 4.78 is 20.3. The molecule has 9 heteroatoms.